The van der Waals surface area contributed by atoms with Crippen LogP contribution in [0.25, 0.3) is 10.2 Å². The van der Waals surface area contributed by atoms with Crippen LogP contribution in [0.1, 0.15) is 13.8 Å². The number of halogens is 2. The second-order valence-corrected chi connectivity index (χ2v) is 8.57. The molecule has 0 fully saturated rings. The summed E-state index contributed by atoms with van der Waals surface area (Å²) in [6, 6.07) is 13.2. The molecule has 168 valence electrons. The number of aromatic nitrogens is 1. The summed E-state index contributed by atoms with van der Waals surface area (Å²) >= 11 is 5.01. The quantitative estimate of drug-likeness (QED) is 0.360. The van der Waals surface area contributed by atoms with Crippen LogP contribution in [0.15, 0.2) is 46.9 Å². The number of methoxy groups -OCH3 is 1. The molecule has 2 aromatic carbocycles. The van der Waals surface area contributed by atoms with Gasteiger partial charge in [0.25, 0.3) is 5.91 Å². The highest BCUT2D eigenvalue weighted by atomic mass is 79.9. The number of hydrogen-bond acceptors (Lipinski definition) is 6. The molecule has 0 saturated heterocycles. The van der Waals surface area contributed by atoms with Gasteiger partial charge >= 0.3 is 0 Å². The van der Waals surface area contributed by atoms with Crippen LogP contribution in [0.5, 0.6) is 11.5 Å². The van der Waals surface area contributed by atoms with Gasteiger partial charge in [0, 0.05) is 23.6 Å². The van der Waals surface area contributed by atoms with Gasteiger partial charge in [-0.1, -0.05) is 47.2 Å². The molecule has 6 nitrogen and oxygen atoms in total. The molecule has 0 saturated carbocycles. The largest absolute Gasteiger partial charge is 0.497 e. The number of likely N-dealkylation sites (N-methyl/N-ethyl adjacent to an activating group) is 1. The Morgan fingerprint density at radius 2 is 1.84 bits per heavy atom. The van der Waals surface area contributed by atoms with E-state index in [1.54, 1.807) is 18.1 Å². The zero-order chi connectivity index (χ0) is 21.5. The van der Waals surface area contributed by atoms with Gasteiger partial charge in [0.15, 0.2) is 11.7 Å². The Bertz CT molecular complexity index is 997. The van der Waals surface area contributed by atoms with E-state index in [4.69, 9.17) is 14.5 Å². The Hall–Kier alpha value is -1.87. The molecule has 0 N–H and O–H groups in total. The predicted molar refractivity (Wildman–Crippen MR) is 133 cm³/mol. The van der Waals surface area contributed by atoms with Crippen molar-refractivity contribution in [2.24, 2.45) is 0 Å². The van der Waals surface area contributed by atoms with E-state index in [9.17, 15) is 4.79 Å². The molecule has 0 radical (unpaired) electrons. The Morgan fingerprint density at radius 3 is 2.55 bits per heavy atom. The maximum absolute atomic E-state index is 13.1. The molecule has 9 heteroatoms. The second-order valence-electron chi connectivity index (χ2n) is 6.65. The number of ether oxygens (including phenoxy) is 2. The second kappa shape index (κ2) is 12.2. The van der Waals surface area contributed by atoms with E-state index in [1.165, 1.54) is 11.3 Å². The summed E-state index contributed by atoms with van der Waals surface area (Å²) < 4.78 is 13.0. The van der Waals surface area contributed by atoms with E-state index in [1.807, 2.05) is 36.4 Å². The molecule has 0 spiro atoms. The Balaban J connectivity index is 0.00000341. The number of nitrogens with zero attached hydrogens (tertiary/aromatic N) is 3. The van der Waals surface area contributed by atoms with Crippen LogP contribution in [0.2, 0.25) is 0 Å². The van der Waals surface area contributed by atoms with Gasteiger partial charge in [0.2, 0.25) is 0 Å². The van der Waals surface area contributed by atoms with Crippen molar-refractivity contribution in [1.29, 1.82) is 0 Å². The molecule has 31 heavy (non-hydrogen) atoms. The van der Waals surface area contributed by atoms with Crippen LogP contribution in [0.4, 0.5) is 5.13 Å². The number of rotatable bonds is 10. The average molecular weight is 529 g/mol. The van der Waals surface area contributed by atoms with Crippen molar-refractivity contribution in [2.45, 2.75) is 13.8 Å². The van der Waals surface area contributed by atoms with Crippen LogP contribution in [-0.2, 0) is 4.79 Å². The lowest BCUT2D eigenvalue weighted by Crippen LogP contribution is -2.41. The van der Waals surface area contributed by atoms with Crippen molar-refractivity contribution < 1.29 is 14.3 Å². The first-order valence-corrected chi connectivity index (χ1v) is 11.5. The molecule has 0 bridgehead atoms. The summed E-state index contributed by atoms with van der Waals surface area (Å²) in [6.45, 7) is 7.39. The lowest BCUT2D eigenvalue weighted by molar-refractivity contribution is -0.120. The average Bonchev–Trinajstić information content (AvgIpc) is 3.18. The zero-order valence-electron chi connectivity index (χ0n) is 17.8. The van der Waals surface area contributed by atoms with E-state index in [2.05, 4.69) is 34.7 Å². The number of carbonyl (C=O) groups is 1. The minimum Gasteiger partial charge on any atom is -0.497 e. The van der Waals surface area contributed by atoms with E-state index in [0.717, 1.165) is 34.3 Å². The highest BCUT2D eigenvalue weighted by molar-refractivity contribution is 9.10. The van der Waals surface area contributed by atoms with E-state index >= 15 is 0 Å². The molecule has 0 atom stereocenters. The minimum absolute atomic E-state index is 0. The number of fused-ring (bicyclic) bond motifs is 1. The first kappa shape index (κ1) is 25.4. The number of amides is 1. The Labute approximate surface area is 201 Å². The normalized spacial score (nSPS) is 10.7. The third kappa shape index (κ3) is 6.80. The molecule has 3 aromatic rings. The third-order valence-electron chi connectivity index (χ3n) is 4.81. The van der Waals surface area contributed by atoms with Crippen molar-refractivity contribution in [3.05, 3.63) is 46.9 Å². The fraction of sp³-hybridized carbons (Fsp3) is 0.364. The molecule has 0 aliphatic heterocycles. The maximum atomic E-state index is 13.1. The molecule has 1 heterocycles. The summed E-state index contributed by atoms with van der Waals surface area (Å²) in [5.41, 5.74) is 0.882. The topological polar surface area (TPSA) is 54.9 Å². The minimum atomic E-state index is -0.122. The van der Waals surface area contributed by atoms with Gasteiger partial charge in [-0.3, -0.25) is 9.69 Å². The number of hydrogen-bond donors (Lipinski definition) is 0. The summed E-state index contributed by atoms with van der Waals surface area (Å²) in [6.07, 6.45) is 0. The van der Waals surface area contributed by atoms with Gasteiger partial charge in [-0.25, -0.2) is 4.98 Å². The molecule has 0 unspecified atom stereocenters. The Morgan fingerprint density at radius 1 is 1.10 bits per heavy atom. The van der Waals surface area contributed by atoms with Crippen LogP contribution >= 0.6 is 39.7 Å². The van der Waals surface area contributed by atoms with E-state index in [-0.39, 0.29) is 24.9 Å². The van der Waals surface area contributed by atoms with E-state index < -0.39 is 0 Å². The number of anilines is 1. The third-order valence-corrected chi connectivity index (χ3v) is 6.34. The van der Waals surface area contributed by atoms with Crippen molar-refractivity contribution in [2.75, 3.05) is 44.8 Å². The van der Waals surface area contributed by atoms with Crippen molar-refractivity contribution in [3.8, 4) is 11.5 Å². The summed E-state index contributed by atoms with van der Waals surface area (Å²) in [5, 5.41) is 0.689. The maximum Gasteiger partial charge on any atom is 0.266 e. The van der Waals surface area contributed by atoms with Crippen molar-refractivity contribution in [3.63, 3.8) is 0 Å². The summed E-state index contributed by atoms with van der Waals surface area (Å²) in [7, 11) is 1.60. The fourth-order valence-corrected chi connectivity index (χ4v) is 4.58. The van der Waals surface area contributed by atoms with Gasteiger partial charge < -0.3 is 14.4 Å². The smallest absolute Gasteiger partial charge is 0.266 e. The molecule has 0 aliphatic rings. The highest BCUT2D eigenvalue weighted by Gasteiger charge is 2.21. The Kier molecular flexibility index (Phi) is 10.0. The van der Waals surface area contributed by atoms with Crippen LogP contribution in [0.3, 0.4) is 0 Å². The SMILES string of the molecule is CCN(CC)CCN(C(=O)COc1cccc(OC)c1)c1nc2ccc(Br)cc2s1.Cl. The van der Waals surface area contributed by atoms with Crippen molar-refractivity contribution >= 4 is 60.9 Å². The molecule has 3 rings (SSSR count). The van der Waals surface area contributed by atoms with Gasteiger partial charge in [-0.05, 0) is 43.4 Å². The molecular formula is C22H27BrClN3O3S. The fourth-order valence-electron chi connectivity index (χ4n) is 3.02. The molecule has 1 amide bonds. The van der Waals surface area contributed by atoms with Gasteiger partial charge in [-0.15, -0.1) is 12.4 Å². The molecule has 0 aliphatic carbocycles. The number of carbonyl (C=O) groups excluding carboxylic acids is 1. The predicted octanol–water partition coefficient (Wildman–Crippen LogP) is 5.24. The summed E-state index contributed by atoms with van der Waals surface area (Å²) in [5.74, 6) is 1.16. The van der Waals surface area contributed by atoms with E-state index in [0.29, 0.717) is 23.2 Å². The van der Waals surface area contributed by atoms with Crippen molar-refractivity contribution in [1.82, 2.24) is 9.88 Å². The molecular weight excluding hydrogens is 502 g/mol. The summed E-state index contributed by atoms with van der Waals surface area (Å²) in [4.78, 5) is 21.8. The van der Waals surface area contributed by atoms with Gasteiger partial charge in [0.05, 0.1) is 17.3 Å². The molecule has 1 aromatic heterocycles. The standard InChI is InChI=1S/C22H26BrN3O3S.ClH/c1-4-25(5-2)11-12-26(22-24-19-10-9-16(23)13-20(19)30-22)21(27)15-29-18-8-6-7-17(14-18)28-3;/h6-10,13-14H,4-5,11-12,15H2,1-3H3;1H. The first-order valence-electron chi connectivity index (χ1n) is 9.89. The number of thiazole rings is 1. The first-order chi connectivity index (χ1) is 14.5. The zero-order valence-corrected chi connectivity index (χ0v) is 21.1. The number of benzene rings is 2. The lowest BCUT2D eigenvalue weighted by atomic mass is 10.3. The monoisotopic (exact) mass is 527 g/mol. The van der Waals surface area contributed by atoms with Crippen LogP contribution < -0.4 is 14.4 Å². The van der Waals surface area contributed by atoms with Crippen LogP contribution in [-0.4, -0.2) is 55.7 Å². The van der Waals surface area contributed by atoms with Gasteiger partial charge in [0.1, 0.15) is 11.5 Å². The lowest BCUT2D eigenvalue weighted by Gasteiger charge is -2.24. The van der Waals surface area contributed by atoms with Gasteiger partial charge in [-0.2, -0.15) is 0 Å². The highest BCUT2D eigenvalue weighted by Crippen LogP contribution is 2.31. The van der Waals surface area contributed by atoms with Crippen LogP contribution in [0, 0.1) is 0 Å².